The van der Waals surface area contributed by atoms with Crippen molar-refractivity contribution in [2.45, 2.75) is 57.5 Å². The fraction of sp³-hybridized carbons (Fsp3) is 0.688. The van der Waals surface area contributed by atoms with E-state index in [0.29, 0.717) is 5.82 Å². The topological polar surface area (TPSA) is 80.2 Å². The molecule has 1 aromatic heterocycles. The summed E-state index contributed by atoms with van der Waals surface area (Å²) in [5.41, 5.74) is 10.2. The quantitative estimate of drug-likeness (QED) is 0.526. The number of hydrazine groups is 1. The highest BCUT2D eigenvalue weighted by Gasteiger charge is 2.41. The number of pyridine rings is 1. The standard InChI is InChI=1S/C16H29N5/c1-3-16(4-2,21-9-5-6-10-21)14(20-18)11-13-7-8-19-15(17)12-13/h7-8,12,14,20H,3-6,9-11,18H2,1-2H3,(H2,17,19). The van der Waals surface area contributed by atoms with Gasteiger partial charge in [-0.15, -0.1) is 0 Å². The van der Waals surface area contributed by atoms with Gasteiger partial charge >= 0.3 is 0 Å². The summed E-state index contributed by atoms with van der Waals surface area (Å²) in [7, 11) is 0. The third-order valence-electron chi connectivity index (χ3n) is 5.10. The molecule has 0 amide bonds. The van der Waals surface area contributed by atoms with E-state index in [1.54, 1.807) is 6.20 Å². The molecule has 1 aliphatic heterocycles. The van der Waals surface area contributed by atoms with E-state index in [4.69, 9.17) is 11.6 Å². The Morgan fingerprint density at radius 1 is 1.33 bits per heavy atom. The molecule has 0 bridgehead atoms. The van der Waals surface area contributed by atoms with Gasteiger partial charge in [-0.2, -0.15) is 0 Å². The minimum Gasteiger partial charge on any atom is -0.384 e. The third-order valence-corrected chi connectivity index (χ3v) is 5.10. The summed E-state index contributed by atoms with van der Waals surface area (Å²) >= 11 is 0. The Bertz CT molecular complexity index is 438. The van der Waals surface area contributed by atoms with E-state index < -0.39 is 0 Å². The summed E-state index contributed by atoms with van der Waals surface area (Å²) in [6, 6.07) is 4.19. The van der Waals surface area contributed by atoms with Crippen LogP contribution in [0.2, 0.25) is 0 Å². The van der Waals surface area contributed by atoms with E-state index in [1.807, 2.05) is 12.1 Å². The summed E-state index contributed by atoms with van der Waals surface area (Å²) in [4.78, 5) is 6.70. The first-order valence-corrected chi connectivity index (χ1v) is 8.08. The van der Waals surface area contributed by atoms with Crippen molar-refractivity contribution in [3.63, 3.8) is 0 Å². The maximum Gasteiger partial charge on any atom is 0.123 e. The molecule has 0 saturated carbocycles. The number of anilines is 1. The molecule has 21 heavy (non-hydrogen) atoms. The van der Waals surface area contributed by atoms with Gasteiger partial charge in [-0.3, -0.25) is 16.2 Å². The molecular weight excluding hydrogens is 262 g/mol. The lowest BCUT2D eigenvalue weighted by molar-refractivity contribution is 0.0620. The average Bonchev–Trinajstić information content (AvgIpc) is 3.02. The van der Waals surface area contributed by atoms with Crippen molar-refractivity contribution in [1.29, 1.82) is 0 Å². The summed E-state index contributed by atoms with van der Waals surface area (Å²) in [5.74, 6) is 6.51. The van der Waals surface area contributed by atoms with Crippen LogP contribution in [-0.2, 0) is 6.42 Å². The van der Waals surface area contributed by atoms with Crippen LogP contribution in [0, 0.1) is 0 Å². The molecule has 2 heterocycles. The number of nitrogens with zero attached hydrogens (tertiary/aromatic N) is 2. The minimum absolute atomic E-state index is 0.114. The summed E-state index contributed by atoms with van der Waals surface area (Å²) in [5, 5.41) is 0. The van der Waals surface area contributed by atoms with Crippen LogP contribution >= 0.6 is 0 Å². The average molecular weight is 291 g/mol. The van der Waals surface area contributed by atoms with Crippen molar-refractivity contribution in [3.8, 4) is 0 Å². The molecule has 5 nitrogen and oxygen atoms in total. The smallest absolute Gasteiger partial charge is 0.123 e. The third kappa shape index (κ3) is 3.36. The van der Waals surface area contributed by atoms with Crippen LogP contribution in [0.3, 0.4) is 0 Å². The first-order valence-electron chi connectivity index (χ1n) is 8.08. The summed E-state index contributed by atoms with van der Waals surface area (Å²) < 4.78 is 0. The monoisotopic (exact) mass is 291 g/mol. The molecule has 5 N–H and O–H groups in total. The van der Waals surface area contributed by atoms with Gasteiger partial charge in [-0.25, -0.2) is 4.98 Å². The number of nitrogens with one attached hydrogen (secondary N) is 1. The van der Waals surface area contributed by atoms with Crippen LogP contribution < -0.4 is 17.0 Å². The molecule has 1 aliphatic rings. The van der Waals surface area contributed by atoms with Gasteiger partial charge in [0.15, 0.2) is 0 Å². The van der Waals surface area contributed by atoms with E-state index in [9.17, 15) is 0 Å². The molecular formula is C16H29N5. The van der Waals surface area contributed by atoms with E-state index in [2.05, 4.69) is 29.2 Å². The highest BCUT2D eigenvalue weighted by Crippen LogP contribution is 2.32. The van der Waals surface area contributed by atoms with Gasteiger partial charge in [0.25, 0.3) is 0 Å². The fourth-order valence-electron chi connectivity index (χ4n) is 3.83. The predicted molar refractivity (Wildman–Crippen MR) is 87.6 cm³/mol. The highest BCUT2D eigenvalue weighted by atomic mass is 15.3. The van der Waals surface area contributed by atoms with E-state index >= 15 is 0 Å². The number of likely N-dealkylation sites (tertiary alicyclic amines) is 1. The zero-order chi connectivity index (χ0) is 15.3. The van der Waals surface area contributed by atoms with Gasteiger partial charge in [0.2, 0.25) is 0 Å². The fourth-order valence-corrected chi connectivity index (χ4v) is 3.83. The Morgan fingerprint density at radius 2 is 2.00 bits per heavy atom. The molecule has 1 saturated heterocycles. The molecule has 118 valence electrons. The SMILES string of the molecule is CCC(CC)(C(Cc1ccnc(N)c1)NN)N1CCCC1. The molecule has 1 unspecified atom stereocenters. The normalized spacial score (nSPS) is 18.0. The molecule has 1 aromatic rings. The van der Waals surface area contributed by atoms with Crippen molar-refractivity contribution in [3.05, 3.63) is 23.9 Å². The van der Waals surface area contributed by atoms with Crippen LogP contribution in [0.5, 0.6) is 0 Å². The molecule has 0 radical (unpaired) electrons. The van der Waals surface area contributed by atoms with Crippen LogP contribution in [0.4, 0.5) is 5.82 Å². The Balaban J connectivity index is 2.22. The molecule has 1 atom stereocenters. The zero-order valence-electron chi connectivity index (χ0n) is 13.3. The van der Waals surface area contributed by atoms with Gasteiger partial charge in [0, 0.05) is 17.8 Å². The molecule has 2 rings (SSSR count). The summed E-state index contributed by atoms with van der Waals surface area (Å²) in [6.45, 7) is 6.90. The van der Waals surface area contributed by atoms with Crippen molar-refractivity contribution >= 4 is 5.82 Å². The van der Waals surface area contributed by atoms with E-state index in [-0.39, 0.29) is 11.6 Å². The number of nitrogen functional groups attached to an aromatic ring is 1. The first-order chi connectivity index (χ1) is 10.2. The van der Waals surface area contributed by atoms with Crippen molar-refractivity contribution < 1.29 is 0 Å². The van der Waals surface area contributed by atoms with Gasteiger partial charge in [-0.1, -0.05) is 13.8 Å². The van der Waals surface area contributed by atoms with Gasteiger partial charge in [0.1, 0.15) is 5.82 Å². The molecule has 0 aliphatic carbocycles. The van der Waals surface area contributed by atoms with Gasteiger partial charge < -0.3 is 5.73 Å². The first kappa shape index (κ1) is 16.2. The zero-order valence-corrected chi connectivity index (χ0v) is 13.3. The van der Waals surface area contributed by atoms with E-state index in [1.165, 1.54) is 31.5 Å². The van der Waals surface area contributed by atoms with E-state index in [0.717, 1.165) is 19.3 Å². The lowest BCUT2D eigenvalue weighted by atomic mass is 9.80. The van der Waals surface area contributed by atoms with Gasteiger partial charge in [-0.05, 0) is 62.9 Å². The second-order valence-corrected chi connectivity index (χ2v) is 6.02. The number of rotatable bonds is 7. The molecule has 0 aromatic carbocycles. The maximum atomic E-state index is 5.94. The lowest BCUT2D eigenvalue weighted by Crippen LogP contribution is -2.62. The van der Waals surface area contributed by atoms with Crippen molar-refractivity contribution in [2.75, 3.05) is 18.8 Å². The number of aromatic nitrogens is 1. The van der Waals surface area contributed by atoms with Crippen molar-refractivity contribution in [2.24, 2.45) is 5.84 Å². The Hall–Kier alpha value is -1.17. The second kappa shape index (κ2) is 7.20. The second-order valence-electron chi connectivity index (χ2n) is 6.02. The van der Waals surface area contributed by atoms with Crippen LogP contribution in [0.1, 0.15) is 45.1 Å². The Kier molecular flexibility index (Phi) is 5.56. The largest absolute Gasteiger partial charge is 0.384 e. The maximum absolute atomic E-state index is 5.94. The predicted octanol–water partition coefficient (Wildman–Crippen LogP) is 1.69. The summed E-state index contributed by atoms with van der Waals surface area (Å²) in [6.07, 6.45) is 7.43. The Morgan fingerprint density at radius 3 is 2.52 bits per heavy atom. The van der Waals surface area contributed by atoms with Crippen LogP contribution in [-0.4, -0.2) is 34.6 Å². The highest BCUT2D eigenvalue weighted by molar-refractivity contribution is 5.32. The number of hydrogen-bond donors (Lipinski definition) is 3. The van der Waals surface area contributed by atoms with Crippen molar-refractivity contribution in [1.82, 2.24) is 15.3 Å². The Labute approximate surface area is 128 Å². The number of hydrogen-bond acceptors (Lipinski definition) is 5. The van der Waals surface area contributed by atoms with Gasteiger partial charge in [0.05, 0.1) is 0 Å². The lowest BCUT2D eigenvalue weighted by Gasteiger charge is -2.46. The van der Waals surface area contributed by atoms with Crippen LogP contribution in [0.25, 0.3) is 0 Å². The molecule has 0 spiro atoms. The number of nitrogens with two attached hydrogens (primary N) is 2. The molecule has 1 fully saturated rings. The molecule has 5 heteroatoms. The minimum atomic E-state index is 0.114. The van der Waals surface area contributed by atoms with Crippen LogP contribution in [0.15, 0.2) is 18.3 Å².